The zero-order chi connectivity index (χ0) is 11.5. The van der Waals surface area contributed by atoms with Crippen LogP contribution in [-0.4, -0.2) is 21.8 Å². The predicted octanol–water partition coefficient (Wildman–Crippen LogP) is 1.95. The molecule has 0 amide bonds. The number of aromatic nitrogens is 3. The number of hydrogen-bond acceptors (Lipinski definition) is 3. The molecule has 0 radical (unpaired) electrons. The maximum Gasteiger partial charge on any atom is 0.151 e. The minimum absolute atomic E-state index is 0.673. The van der Waals surface area contributed by atoms with Gasteiger partial charge in [0.05, 0.1) is 12.2 Å². The first-order chi connectivity index (χ1) is 7.74. The molecule has 0 aliphatic heterocycles. The van der Waals surface area contributed by atoms with Crippen molar-refractivity contribution >= 4 is 11.6 Å². The van der Waals surface area contributed by atoms with Crippen LogP contribution in [0.4, 0.5) is 0 Å². The molecule has 0 unspecified atom stereocenters. The second-order valence-corrected chi connectivity index (χ2v) is 3.94. The van der Waals surface area contributed by atoms with E-state index in [1.54, 1.807) is 6.33 Å². The molecule has 0 atom stereocenters. The summed E-state index contributed by atoms with van der Waals surface area (Å²) in [6, 6.07) is 5.81. The normalized spacial score (nSPS) is 10.7. The minimum Gasteiger partial charge on any atom is -0.313 e. The average Bonchev–Trinajstić information content (AvgIpc) is 2.71. The molecule has 0 aliphatic carbocycles. The van der Waals surface area contributed by atoms with Crippen LogP contribution in [0.5, 0.6) is 0 Å². The number of nitrogens with zero attached hydrogens (tertiary/aromatic N) is 3. The SMILES string of the molecule is CNCc1nncn1-c1cccc(Cl)c1C. The van der Waals surface area contributed by atoms with Crippen LogP contribution in [0.3, 0.4) is 0 Å². The fraction of sp³-hybridized carbons (Fsp3) is 0.273. The molecule has 0 saturated heterocycles. The third-order valence-electron chi connectivity index (χ3n) is 2.45. The highest BCUT2D eigenvalue weighted by Crippen LogP contribution is 2.22. The smallest absolute Gasteiger partial charge is 0.151 e. The Morgan fingerprint density at radius 1 is 1.44 bits per heavy atom. The Labute approximate surface area is 99.3 Å². The Morgan fingerprint density at radius 3 is 3.00 bits per heavy atom. The van der Waals surface area contributed by atoms with Gasteiger partial charge in [0.15, 0.2) is 5.82 Å². The highest BCUT2D eigenvalue weighted by molar-refractivity contribution is 6.31. The lowest BCUT2D eigenvalue weighted by Gasteiger charge is -2.10. The summed E-state index contributed by atoms with van der Waals surface area (Å²) in [7, 11) is 1.88. The van der Waals surface area contributed by atoms with E-state index in [-0.39, 0.29) is 0 Å². The molecule has 1 aromatic carbocycles. The van der Waals surface area contributed by atoms with Crippen molar-refractivity contribution in [2.75, 3.05) is 7.05 Å². The number of halogens is 1. The van der Waals surface area contributed by atoms with Crippen LogP contribution >= 0.6 is 11.6 Å². The third kappa shape index (κ3) is 1.94. The van der Waals surface area contributed by atoms with Gasteiger partial charge in [-0.15, -0.1) is 10.2 Å². The summed E-state index contributed by atoms with van der Waals surface area (Å²) in [5, 5.41) is 11.8. The first kappa shape index (κ1) is 11.1. The molecule has 0 bridgehead atoms. The molecular weight excluding hydrogens is 224 g/mol. The Hall–Kier alpha value is -1.39. The van der Waals surface area contributed by atoms with Gasteiger partial charge >= 0.3 is 0 Å². The fourth-order valence-electron chi connectivity index (χ4n) is 1.60. The van der Waals surface area contributed by atoms with Crippen LogP contribution in [0.25, 0.3) is 5.69 Å². The van der Waals surface area contributed by atoms with Gasteiger partial charge in [0.1, 0.15) is 6.33 Å². The monoisotopic (exact) mass is 236 g/mol. The maximum atomic E-state index is 6.09. The van der Waals surface area contributed by atoms with Crippen molar-refractivity contribution in [3.05, 3.63) is 40.9 Å². The van der Waals surface area contributed by atoms with E-state index in [0.717, 1.165) is 22.1 Å². The molecule has 4 nitrogen and oxygen atoms in total. The van der Waals surface area contributed by atoms with Gasteiger partial charge in [0, 0.05) is 5.02 Å². The number of hydrogen-bond donors (Lipinski definition) is 1. The molecule has 16 heavy (non-hydrogen) atoms. The molecule has 0 saturated carbocycles. The van der Waals surface area contributed by atoms with E-state index in [0.29, 0.717) is 6.54 Å². The summed E-state index contributed by atoms with van der Waals surface area (Å²) < 4.78 is 1.94. The van der Waals surface area contributed by atoms with Gasteiger partial charge < -0.3 is 5.32 Å². The summed E-state index contributed by atoms with van der Waals surface area (Å²) >= 11 is 6.09. The van der Waals surface area contributed by atoms with Crippen LogP contribution in [0.2, 0.25) is 5.02 Å². The van der Waals surface area contributed by atoms with E-state index < -0.39 is 0 Å². The minimum atomic E-state index is 0.673. The maximum absolute atomic E-state index is 6.09. The van der Waals surface area contributed by atoms with Crippen LogP contribution in [0.15, 0.2) is 24.5 Å². The van der Waals surface area contributed by atoms with E-state index in [1.165, 1.54) is 0 Å². The molecule has 2 aromatic rings. The second-order valence-electron chi connectivity index (χ2n) is 3.53. The molecular formula is C11H13ClN4. The lowest BCUT2D eigenvalue weighted by Crippen LogP contribution is -2.11. The van der Waals surface area contributed by atoms with E-state index in [2.05, 4.69) is 15.5 Å². The standard InChI is InChI=1S/C11H13ClN4/c1-8-9(12)4-3-5-10(8)16-7-14-15-11(16)6-13-2/h3-5,7,13H,6H2,1-2H3. The van der Waals surface area contributed by atoms with Crippen LogP contribution in [0, 0.1) is 6.92 Å². The van der Waals surface area contributed by atoms with Crippen molar-refractivity contribution in [3.63, 3.8) is 0 Å². The highest BCUT2D eigenvalue weighted by atomic mass is 35.5. The predicted molar refractivity (Wildman–Crippen MR) is 63.9 cm³/mol. The van der Waals surface area contributed by atoms with Gasteiger partial charge in [0.2, 0.25) is 0 Å². The van der Waals surface area contributed by atoms with Gasteiger partial charge in [-0.25, -0.2) is 0 Å². The van der Waals surface area contributed by atoms with Crippen molar-refractivity contribution in [2.24, 2.45) is 0 Å². The van der Waals surface area contributed by atoms with Gasteiger partial charge in [-0.3, -0.25) is 4.57 Å². The van der Waals surface area contributed by atoms with Crippen molar-refractivity contribution in [1.29, 1.82) is 0 Å². The first-order valence-electron chi connectivity index (χ1n) is 5.03. The number of nitrogens with one attached hydrogen (secondary N) is 1. The van der Waals surface area contributed by atoms with Crippen molar-refractivity contribution in [2.45, 2.75) is 13.5 Å². The Balaban J connectivity index is 2.50. The molecule has 2 rings (SSSR count). The molecule has 0 aliphatic rings. The fourth-order valence-corrected chi connectivity index (χ4v) is 1.77. The number of rotatable bonds is 3. The molecule has 0 spiro atoms. The lowest BCUT2D eigenvalue weighted by molar-refractivity contribution is 0.736. The van der Waals surface area contributed by atoms with E-state index >= 15 is 0 Å². The zero-order valence-electron chi connectivity index (χ0n) is 9.24. The Kier molecular flexibility index (Phi) is 3.22. The Bertz CT molecular complexity index is 492. The quantitative estimate of drug-likeness (QED) is 0.886. The topological polar surface area (TPSA) is 42.7 Å². The number of benzene rings is 1. The Morgan fingerprint density at radius 2 is 2.25 bits per heavy atom. The summed E-state index contributed by atoms with van der Waals surface area (Å²) in [5.41, 5.74) is 2.05. The largest absolute Gasteiger partial charge is 0.313 e. The van der Waals surface area contributed by atoms with E-state index in [1.807, 2.05) is 36.7 Å². The summed E-state index contributed by atoms with van der Waals surface area (Å²) in [5.74, 6) is 0.868. The average molecular weight is 237 g/mol. The summed E-state index contributed by atoms with van der Waals surface area (Å²) in [4.78, 5) is 0. The van der Waals surface area contributed by atoms with E-state index in [9.17, 15) is 0 Å². The third-order valence-corrected chi connectivity index (χ3v) is 2.86. The molecule has 1 N–H and O–H groups in total. The van der Waals surface area contributed by atoms with Crippen LogP contribution in [0.1, 0.15) is 11.4 Å². The van der Waals surface area contributed by atoms with Gasteiger partial charge in [0.25, 0.3) is 0 Å². The molecule has 0 fully saturated rings. The van der Waals surface area contributed by atoms with Crippen molar-refractivity contribution in [3.8, 4) is 5.69 Å². The van der Waals surface area contributed by atoms with Crippen molar-refractivity contribution < 1.29 is 0 Å². The van der Waals surface area contributed by atoms with Gasteiger partial charge in [-0.2, -0.15) is 0 Å². The highest BCUT2D eigenvalue weighted by Gasteiger charge is 2.09. The van der Waals surface area contributed by atoms with Gasteiger partial charge in [-0.05, 0) is 31.7 Å². The molecule has 84 valence electrons. The lowest BCUT2D eigenvalue weighted by atomic mass is 10.2. The summed E-state index contributed by atoms with van der Waals surface area (Å²) in [6.07, 6.45) is 1.70. The summed E-state index contributed by atoms with van der Waals surface area (Å²) in [6.45, 7) is 2.66. The zero-order valence-corrected chi connectivity index (χ0v) is 9.99. The second kappa shape index (κ2) is 4.63. The first-order valence-corrected chi connectivity index (χ1v) is 5.41. The van der Waals surface area contributed by atoms with Crippen molar-refractivity contribution in [1.82, 2.24) is 20.1 Å². The van der Waals surface area contributed by atoms with Crippen LogP contribution < -0.4 is 5.32 Å². The molecule has 1 aromatic heterocycles. The van der Waals surface area contributed by atoms with Gasteiger partial charge in [-0.1, -0.05) is 17.7 Å². The van der Waals surface area contributed by atoms with E-state index in [4.69, 9.17) is 11.6 Å². The van der Waals surface area contributed by atoms with Crippen LogP contribution in [-0.2, 0) is 6.54 Å². The molecule has 1 heterocycles. The molecule has 5 heteroatoms.